The summed E-state index contributed by atoms with van der Waals surface area (Å²) in [5.41, 5.74) is 1.86. The van der Waals surface area contributed by atoms with Crippen molar-refractivity contribution in [2.75, 3.05) is 6.26 Å². The monoisotopic (exact) mass is 439 g/mol. The molecule has 4 rings (SSSR count). The molecule has 0 saturated carbocycles. The molecule has 9 heteroatoms. The molecule has 7 nitrogen and oxygen atoms in total. The number of aryl methyl sites for hydroxylation is 1. The number of aromatic nitrogens is 4. The summed E-state index contributed by atoms with van der Waals surface area (Å²) in [6.45, 7) is 0.341. The summed E-state index contributed by atoms with van der Waals surface area (Å²) in [7, 11) is 1.60. The maximum atomic E-state index is 12.9. The van der Waals surface area contributed by atoms with Crippen LogP contribution >= 0.6 is 23.4 Å². The van der Waals surface area contributed by atoms with Crippen molar-refractivity contribution >= 4 is 40.3 Å². The normalized spacial score (nSPS) is 11.0. The second kappa shape index (κ2) is 8.33. The van der Waals surface area contributed by atoms with E-state index in [1.54, 1.807) is 43.1 Å². The predicted molar refractivity (Wildman–Crippen MR) is 119 cm³/mol. The average Bonchev–Trinajstić information content (AvgIpc) is 3.16. The number of rotatable bonds is 5. The summed E-state index contributed by atoms with van der Waals surface area (Å²) in [5.74, 6) is -0.401. The van der Waals surface area contributed by atoms with Gasteiger partial charge in [0.25, 0.3) is 11.5 Å². The smallest absolute Gasteiger partial charge is 0.279 e. The van der Waals surface area contributed by atoms with Gasteiger partial charge in [-0.25, -0.2) is 9.67 Å². The molecular weight excluding hydrogens is 422 g/mol. The van der Waals surface area contributed by atoms with Crippen LogP contribution in [0.2, 0.25) is 5.02 Å². The number of hydrogen-bond donors (Lipinski definition) is 1. The van der Waals surface area contributed by atoms with Gasteiger partial charge in [-0.2, -0.15) is 5.10 Å². The maximum absolute atomic E-state index is 12.9. The fraction of sp³-hybridized carbons (Fsp3) is 0.143. The van der Waals surface area contributed by atoms with Crippen molar-refractivity contribution in [2.45, 2.75) is 11.4 Å². The minimum Gasteiger partial charge on any atom is -0.346 e. The van der Waals surface area contributed by atoms with E-state index in [-0.39, 0.29) is 22.3 Å². The quantitative estimate of drug-likeness (QED) is 0.482. The van der Waals surface area contributed by atoms with Crippen molar-refractivity contribution in [3.8, 4) is 5.69 Å². The van der Waals surface area contributed by atoms with Gasteiger partial charge in [0.1, 0.15) is 5.52 Å². The zero-order valence-corrected chi connectivity index (χ0v) is 17.9. The summed E-state index contributed by atoms with van der Waals surface area (Å²) < 4.78 is 2.79. The van der Waals surface area contributed by atoms with Crippen molar-refractivity contribution in [3.05, 3.63) is 81.5 Å². The first-order valence-corrected chi connectivity index (χ1v) is 10.7. The lowest BCUT2D eigenvalue weighted by Crippen LogP contribution is -2.24. The number of hydrogen-bond acceptors (Lipinski definition) is 5. The number of carbonyl (C=O) groups excluding carboxylic acids is 1. The van der Waals surface area contributed by atoms with E-state index in [0.29, 0.717) is 17.3 Å². The maximum Gasteiger partial charge on any atom is 0.279 e. The molecule has 0 atom stereocenters. The van der Waals surface area contributed by atoms with Crippen molar-refractivity contribution in [2.24, 2.45) is 7.05 Å². The van der Waals surface area contributed by atoms with Crippen LogP contribution in [-0.4, -0.2) is 31.5 Å². The third-order valence-electron chi connectivity index (χ3n) is 4.64. The third-order valence-corrected chi connectivity index (χ3v) is 5.64. The van der Waals surface area contributed by atoms with Crippen LogP contribution in [0.4, 0.5) is 0 Å². The first-order chi connectivity index (χ1) is 14.5. The molecule has 0 aliphatic carbocycles. The molecule has 1 amide bonds. The van der Waals surface area contributed by atoms with E-state index in [9.17, 15) is 9.59 Å². The van der Waals surface area contributed by atoms with Crippen molar-refractivity contribution < 1.29 is 4.79 Å². The molecule has 2 aromatic heterocycles. The van der Waals surface area contributed by atoms with Crippen molar-refractivity contribution in [3.63, 3.8) is 0 Å². The van der Waals surface area contributed by atoms with Crippen LogP contribution in [0, 0.1) is 0 Å². The van der Waals surface area contributed by atoms with Crippen molar-refractivity contribution in [1.82, 2.24) is 24.6 Å². The molecule has 30 heavy (non-hydrogen) atoms. The molecule has 0 saturated heterocycles. The van der Waals surface area contributed by atoms with Gasteiger partial charge in [0, 0.05) is 23.5 Å². The Morgan fingerprint density at radius 2 is 1.83 bits per heavy atom. The van der Waals surface area contributed by atoms with Crippen LogP contribution in [0.5, 0.6) is 0 Å². The Labute approximate surface area is 181 Å². The zero-order chi connectivity index (χ0) is 21.3. The molecule has 152 valence electrons. The van der Waals surface area contributed by atoms with Crippen LogP contribution in [0.25, 0.3) is 16.7 Å². The first-order valence-electron chi connectivity index (χ1n) is 9.09. The molecule has 2 heterocycles. The number of fused-ring (bicyclic) bond motifs is 1. The van der Waals surface area contributed by atoms with E-state index in [2.05, 4.69) is 15.4 Å². The van der Waals surface area contributed by atoms with E-state index in [1.807, 2.05) is 30.5 Å². The fourth-order valence-corrected chi connectivity index (χ4v) is 3.55. The van der Waals surface area contributed by atoms with E-state index < -0.39 is 5.91 Å². The number of thioether (sulfide) groups is 1. The molecule has 2 aromatic carbocycles. The van der Waals surface area contributed by atoms with Gasteiger partial charge < -0.3 is 9.88 Å². The van der Waals surface area contributed by atoms with Crippen molar-refractivity contribution in [1.29, 1.82) is 0 Å². The van der Waals surface area contributed by atoms with Gasteiger partial charge in [-0.05, 0) is 48.2 Å². The number of benzene rings is 2. The molecule has 4 aromatic rings. The highest BCUT2D eigenvalue weighted by Crippen LogP contribution is 2.20. The lowest BCUT2D eigenvalue weighted by Gasteiger charge is -2.05. The standard InChI is InChI=1S/C21H18ClN5O2S/c1-26-12-24-17-18(20(28)23-11-13-3-9-16(30-2)10-4-13)25-27(19(17)21(26)29)15-7-5-14(22)6-8-15/h3-10,12H,11H2,1-2H3,(H,23,28). The highest BCUT2D eigenvalue weighted by molar-refractivity contribution is 7.98. The highest BCUT2D eigenvalue weighted by Gasteiger charge is 2.22. The summed E-state index contributed by atoms with van der Waals surface area (Å²) >= 11 is 7.63. The highest BCUT2D eigenvalue weighted by atomic mass is 35.5. The Morgan fingerprint density at radius 1 is 1.13 bits per heavy atom. The topological polar surface area (TPSA) is 81.8 Å². The molecular formula is C21H18ClN5O2S. The van der Waals surface area contributed by atoms with Gasteiger partial charge in [-0.1, -0.05) is 23.7 Å². The van der Waals surface area contributed by atoms with E-state index >= 15 is 0 Å². The van der Waals surface area contributed by atoms with Crippen LogP contribution in [0.15, 0.2) is 64.5 Å². The molecule has 0 fully saturated rings. The Bertz CT molecular complexity index is 1280. The second-order valence-corrected chi connectivity index (χ2v) is 7.94. The second-order valence-electron chi connectivity index (χ2n) is 6.63. The van der Waals surface area contributed by atoms with E-state index in [4.69, 9.17) is 11.6 Å². The molecule has 0 radical (unpaired) electrons. The molecule has 0 aliphatic rings. The Kier molecular flexibility index (Phi) is 5.61. The lowest BCUT2D eigenvalue weighted by molar-refractivity contribution is 0.0947. The van der Waals surface area contributed by atoms with E-state index in [0.717, 1.165) is 10.5 Å². The minimum atomic E-state index is -0.401. The van der Waals surface area contributed by atoms with Crippen LogP contribution in [0.1, 0.15) is 16.1 Å². The number of halogens is 1. The number of amides is 1. The minimum absolute atomic E-state index is 0.0957. The summed E-state index contributed by atoms with van der Waals surface area (Å²) in [5, 5.41) is 7.84. The number of nitrogens with zero attached hydrogens (tertiary/aromatic N) is 4. The SMILES string of the molecule is CSc1ccc(CNC(=O)c2nn(-c3ccc(Cl)cc3)c3c(=O)n(C)cnc23)cc1. The molecule has 1 N–H and O–H groups in total. The number of nitrogens with one attached hydrogen (secondary N) is 1. The third kappa shape index (κ3) is 3.83. The Balaban J connectivity index is 1.71. The predicted octanol–water partition coefficient (Wildman–Crippen LogP) is 3.42. The fourth-order valence-electron chi connectivity index (χ4n) is 3.02. The van der Waals surface area contributed by atoms with Gasteiger partial charge in [0.2, 0.25) is 0 Å². The molecule has 0 unspecified atom stereocenters. The Morgan fingerprint density at radius 3 is 2.50 bits per heavy atom. The zero-order valence-electron chi connectivity index (χ0n) is 16.3. The molecule has 0 aliphatic heterocycles. The number of carbonyl (C=O) groups is 1. The van der Waals surface area contributed by atoms with Gasteiger partial charge in [-0.3, -0.25) is 9.59 Å². The van der Waals surface area contributed by atoms with Gasteiger partial charge in [0.15, 0.2) is 11.2 Å². The van der Waals surface area contributed by atoms with Gasteiger partial charge in [0.05, 0.1) is 12.0 Å². The van der Waals surface area contributed by atoms with Crippen LogP contribution in [-0.2, 0) is 13.6 Å². The average molecular weight is 440 g/mol. The molecule has 0 spiro atoms. The first kappa shape index (κ1) is 20.2. The molecule has 0 bridgehead atoms. The summed E-state index contributed by atoms with van der Waals surface area (Å²) in [6.07, 6.45) is 3.40. The van der Waals surface area contributed by atoms with Gasteiger partial charge >= 0.3 is 0 Å². The van der Waals surface area contributed by atoms with Gasteiger partial charge in [-0.15, -0.1) is 11.8 Å². The largest absolute Gasteiger partial charge is 0.346 e. The summed E-state index contributed by atoms with van der Waals surface area (Å²) in [6, 6.07) is 14.8. The van der Waals surface area contributed by atoms with E-state index in [1.165, 1.54) is 15.6 Å². The van der Waals surface area contributed by atoms with Crippen LogP contribution < -0.4 is 10.9 Å². The van der Waals surface area contributed by atoms with Crippen LogP contribution in [0.3, 0.4) is 0 Å². The summed E-state index contributed by atoms with van der Waals surface area (Å²) in [4.78, 5) is 31.1. The lowest BCUT2D eigenvalue weighted by atomic mass is 10.2. The Hall–Kier alpha value is -3.10.